The smallest absolute Gasteiger partial charge is 0.319 e. The second-order valence-corrected chi connectivity index (χ2v) is 9.40. The Bertz CT molecular complexity index is 1530. The molecule has 3 heterocycles. The van der Waals surface area contributed by atoms with Crippen LogP contribution in [-0.4, -0.2) is 51.4 Å². The number of halogens is 3. The molecule has 1 unspecified atom stereocenters. The Balaban J connectivity index is 1.80. The minimum absolute atomic E-state index is 0.00411. The van der Waals surface area contributed by atoms with Crippen LogP contribution in [0.2, 0.25) is 10.0 Å². The van der Waals surface area contributed by atoms with Crippen molar-refractivity contribution in [2.24, 2.45) is 0 Å². The van der Waals surface area contributed by atoms with Crippen LogP contribution in [0.1, 0.15) is 40.8 Å². The number of nitrogens with zero attached hydrogens (tertiary/aromatic N) is 5. The van der Waals surface area contributed by atoms with Crippen molar-refractivity contribution in [1.29, 1.82) is 0 Å². The molecule has 12 heteroatoms. The Kier molecular flexibility index (Phi) is 6.95. The fourth-order valence-electron chi connectivity index (χ4n) is 4.57. The molecule has 0 spiro atoms. The predicted molar refractivity (Wildman–Crippen MR) is 140 cm³/mol. The number of anilines is 1. The summed E-state index contributed by atoms with van der Waals surface area (Å²) in [4.78, 5) is 28.3. The number of carbonyl (C=O) groups excluding carboxylic acids is 1. The largest absolute Gasteiger partial charge is 0.480 e. The van der Waals surface area contributed by atoms with E-state index in [1.807, 2.05) is 0 Å². The van der Waals surface area contributed by atoms with Gasteiger partial charge in [0.1, 0.15) is 11.9 Å². The van der Waals surface area contributed by atoms with Crippen molar-refractivity contribution >= 4 is 34.8 Å². The molecule has 0 bridgehead atoms. The van der Waals surface area contributed by atoms with E-state index in [0.717, 1.165) is 0 Å². The van der Waals surface area contributed by atoms with Crippen LogP contribution in [-0.2, 0) is 0 Å². The first-order valence-corrected chi connectivity index (χ1v) is 12.3. The molecule has 4 aromatic rings. The number of aliphatic hydroxyl groups excluding tert-OH is 1. The highest BCUT2D eigenvalue weighted by atomic mass is 35.5. The molecule has 196 valence electrons. The van der Waals surface area contributed by atoms with Gasteiger partial charge in [-0.1, -0.05) is 41.4 Å². The molecule has 9 nitrogen and oxygen atoms in total. The van der Waals surface area contributed by atoms with Crippen LogP contribution in [0, 0.1) is 5.82 Å². The number of rotatable bonds is 7. The van der Waals surface area contributed by atoms with Crippen LogP contribution < -0.4 is 14.4 Å². The molecule has 1 aliphatic rings. The van der Waals surface area contributed by atoms with Gasteiger partial charge in [-0.05, 0) is 36.8 Å². The molecule has 2 aromatic heterocycles. The van der Waals surface area contributed by atoms with Gasteiger partial charge >= 0.3 is 6.01 Å². The summed E-state index contributed by atoms with van der Waals surface area (Å²) in [6.07, 6.45) is 1.47. The molecule has 2 aromatic carbocycles. The first-order valence-electron chi connectivity index (χ1n) is 11.5. The lowest BCUT2D eigenvalue weighted by molar-refractivity contribution is 0.0988. The highest BCUT2D eigenvalue weighted by Crippen LogP contribution is 2.46. The molecular weight excluding hydrogens is 536 g/mol. The molecule has 1 aliphatic heterocycles. The predicted octanol–water partition coefficient (Wildman–Crippen LogP) is 5.11. The summed E-state index contributed by atoms with van der Waals surface area (Å²) in [6, 6.07) is 10.1. The van der Waals surface area contributed by atoms with Crippen molar-refractivity contribution in [2.45, 2.75) is 19.0 Å². The third-order valence-electron chi connectivity index (χ3n) is 6.32. The molecule has 0 radical (unpaired) electrons. The zero-order chi connectivity index (χ0) is 27.1. The molecular formula is C26H22Cl2FN5O4. The van der Waals surface area contributed by atoms with E-state index in [0.29, 0.717) is 27.7 Å². The Morgan fingerprint density at radius 2 is 1.84 bits per heavy atom. The van der Waals surface area contributed by atoms with Crippen molar-refractivity contribution in [3.63, 3.8) is 0 Å². The van der Waals surface area contributed by atoms with Gasteiger partial charge in [0.15, 0.2) is 11.5 Å². The van der Waals surface area contributed by atoms with Crippen LogP contribution in [0.25, 0.3) is 11.4 Å². The van der Waals surface area contributed by atoms with Gasteiger partial charge in [0, 0.05) is 11.2 Å². The van der Waals surface area contributed by atoms with Gasteiger partial charge in [-0.2, -0.15) is 4.98 Å². The maximum atomic E-state index is 15.3. The molecule has 0 aliphatic carbocycles. The number of carbonyl (C=O) groups is 1. The van der Waals surface area contributed by atoms with Gasteiger partial charge in [-0.15, -0.1) is 0 Å². The van der Waals surface area contributed by atoms with E-state index in [4.69, 9.17) is 32.7 Å². The second kappa shape index (κ2) is 10.2. The summed E-state index contributed by atoms with van der Waals surface area (Å²) in [6.45, 7) is 1.50. The molecule has 2 atom stereocenters. The molecule has 1 amide bonds. The van der Waals surface area contributed by atoms with E-state index in [9.17, 15) is 9.90 Å². The quantitative estimate of drug-likeness (QED) is 0.337. The van der Waals surface area contributed by atoms with E-state index in [1.165, 1.54) is 37.4 Å². The zero-order valence-corrected chi connectivity index (χ0v) is 22.0. The maximum absolute atomic E-state index is 15.3. The lowest BCUT2D eigenvalue weighted by Crippen LogP contribution is -2.31. The first-order chi connectivity index (χ1) is 18.3. The fraction of sp³-hybridized carbons (Fsp3) is 0.231. The van der Waals surface area contributed by atoms with Crippen LogP contribution in [0.3, 0.4) is 0 Å². The summed E-state index contributed by atoms with van der Waals surface area (Å²) >= 11 is 12.2. The highest BCUT2D eigenvalue weighted by Gasteiger charge is 2.46. The van der Waals surface area contributed by atoms with E-state index in [2.05, 4.69) is 15.0 Å². The van der Waals surface area contributed by atoms with Crippen molar-refractivity contribution in [3.05, 3.63) is 81.5 Å². The van der Waals surface area contributed by atoms with E-state index in [1.54, 1.807) is 41.8 Å². The third-order valence-corrected chi connectivity index (χ3v) is 6.86. The van der Waals surface area contributed by atoms with Crippen LogP contribution in [0.4, 0.5) is 10.1 Å². The van der Waals surface area contributed by atoms with Gasteiger partial charge in [-0.25, -0.2) is 14.4 Å². The van der Waals surface area contributed by atoms with E-state index < -0.39 is 23.8 Å². The summed E-state index contributed by atoms with van der Waals surface area (Å²) in [5.74, 6) is -0.812. The number of aromatic nitrogens is 4. The number of amides is 1. The topological polar surface area (TPSA) is 103 Å². The summed E-state index contributed by atoms with van der Waals surface area (Å²) < 4.78 is 27.6. The molecule has 0 saturated carbocycles. The Labute approximate surface area is 227 Å². The molecule has 0 fully saturated rings. The molecule has 0 saturated heterocycles. The van der Waals surface area contributed by atoms with Crippen LogP contribution >= 0.6 is 23.2 Å². The number of hydrogen-bond acceptors (Lipinski definition) is 7. The standard InChI is InChI=1S/C26H22Cl2FN5O4/c1-13(12-35)33-22-20(31-23(33)16-11-30-26(38-3)32-24(16)37-2)25(36)34(18-6-4-5-17(28)19(18)29)21(22)14-7-9-15(27)10-8-14/h4-11,13,21,35H,12H2,1-3H3/t13?,21-/m0/s1. The van der Waals surface area contributed by atoms with Crippen LogP contribution in [0.5, 0.6) is 11.9 Å². The van der Waals surface area contributed by atoms with Crippen LogP contribution in [0.15, 0.2) is 48.7 Å². The number of imidazole rings is 1. The molecule has 1 N–H and O–H groups in total. The number of fused-ring (bicyclic) bond motifs is 1. The Hall–Kier alpha value is -3.73. The number of aliphatic hydroxyl groups is 1. The van der Waals surface area contributed by atoms with E-state index >= 15 is 4.39 Å². The molecule has 5 rings (SSSR count). The summed E-state index contributed by atoms with van der Waals surface area (Å²) in [5.41, 5.74) is 1.56. The summed E-state index contributed by atoms with van der Waals surface area (Å²) in [5, 5.41) is 10.6. The van der Waals surface area contributed by atoms with Crippen molar-refractivity contribution < 1.29 is 23.8 Å². The minimum atomic E-state index is -0.817. The van der Waals surface area contributed by atoms with Gasteiger partial charge in [0.25, 0.3) is 5.91 Å². The monoisotopic (exact) mass is 557 g/mol. The fourth-order valence-corrected chi connectivity index (χ4v) is 4.87. The van der Waals surface area contributed by atoms with Gasteiger partial charge in [0.2, 0.25) is 5.88 Å². The third kappa shape index (κ3) is 4.14. The van der Waals surface area contributed by atoms with Crippen molar-refractivity contribution in [3.8, 4) is 23.3 Å². The maximum Gasteiger partial charge on any atom is 0.319 e. The number of methoxy groups -OCH3 is 2. The van der Waals surface area contributed by atoms with Gasteiger partial charge in [-0.3, -0.25) is 9.69 Å². The lowest BCUT2D eigenvalue weighted by atomic mass is 10.0. The number of hydrogen-bond donors (Lipinski definition) is 1. The average molecular weight is 558 g/mol. The normalized spacial score (nSPS) is 15.5. The minimum Gasteiger partial charge on any atom is -0.480 e. The average Bonchev–Trinajstić information content (AvgIpc) is 3.45. The van der Waals surface area contributed by atoms with Gasteiger partial charge in [0.05, 0.1) is 48.8 Å². The molecule has 38 heavy (non-hydrogen) atoms. The Morgan fingerprint density at radius 1 is 1.11 bits per heavy atom. The number of ether oxygens (including phenoxy) is 2. The highest BCUT2D eigenvalue weighted by molar-refractivity contribution is 6.31. The zero-order valence-electron chi connectivity index (χ0n) is 20.5. The van der Waals surface area contributed by atoms with Crippen molar-refractivity contribution in [1.82, 2.24) is 19.5 Å². The summed E-state index contributed by atoms with van der Waals surface area (Å²) in [7, 11) is 2.86. The second-order valence-electron chi connectivity index (χ2n) is 8.55. The Morgan fingerprint density at radius 3 is 2.50 bits per heavy atom. The first kappa shape index (κ1) is 25.9. The van der Waals surface area contributed by atoms with Gasteiger partial charge < -0.3 is 19.1 Å². The van der Waals surface area contributed by atoms with Crippen molar-refractivity contribution in [2.75, 3.05) is 25.7 Å². The SMILES string of the molecule is COc1ncc(-c2nc3c(n2C(C)CO)[C@H](c2ccc(Cl)cc2)N(c2cccc(Cl)c2F)C3=O)c(OC)n1. The lowest BCUT2D eigenvalue weighted by Gasteiger charge is -2.29. The number of benzene rings is 2. The van der Waals surface area contributed by atoms with E-state index in [-0.39, 0.29) is 34.9 Å².